The summed E-state index contributed by atoms with van der Waals surface area (Å²) in [5, 5.41) is 8.68. The smallest absolute Gasteiger partial charge is 0.329 e. The van der Waals surface area contributed by atoms with Crippen molar-refractivity contribution in [1.29, 1.82) is 5.26 Å². The second kappa shape index (κ2) is 5.97. The lowest BCUT2D eigenvalue weighted by Crippen LogP contribution is -2.34. The molecule has 104 valence electrons. The van der Waals surface area contributed by atoms with E-state index < -0.39 is 23.5 Å². The number of ether oxygens (including phenoxy) is 1. The zero-order valence-corrected chi connectivity index (χ0v) is 11.2. The van der Waals surface area contributed by atoms with E-state index in [0.29, 0.717) is 11.1 Å². The van der Waals surface area contributed by atoms with Gasteiger partial charge >= 0.3 is 5.97 Å². The normalized spacial score (nSPS) is 18.1. The molecule has 1 aliphatic rings. The van der Waals surface area contributed by atoms with Crippen molar-refractivity contribution in [1.82, 2.24) is 0 Å². The van der Waals surface area contributed by atoms with Crippen LogP contribution in [0.1, 0.15) is 18.1 Å². The molecule has 5 heteroatoms. The molecular weight excluding hydrogens is 270 g/mol. The van der Waals surface area contributed by atoms with E-state index >= 15 is 0 Å². The van der Waals surface area contributed by atoms with Gasteiger partial charge in [-0.3, -0.25) is 14.4 Å². The highest BCUT2D eigenvalue weighted by molar-refractivity contribution is 6.25. The number of esters is 1. The quantitative estimate of drug-likeness (QED) is 0.479. The fourth-order valence-electron chi connectivity index (χ4n) is 1.85. The van der Waals surface area contributed by atoms with Crippen LogP contribution >= 0.6 is 0 Å². The Morgan fingerprint density at radius 1 is 1.29 bits per heavy atom. The van der Waals surface area contributed by atoms with Crippen molar-refractivity contribution >= 4 is 23.6 Å². The maximum absolute atomic E-state index is 11.9. The highest BCUT2D eigenvalue weighted by atomic mass is 16.5. The minimum atomic E-state index is -1.43. The lowest BCUT2D eigenvalue weighted by Gasteiger charge is -2.15. The zero-order chi connectivity index (χ0) is 15.4. The molecule has 0 spiro atoms. The van der Waals surface area contributed by atoms with Crippen molar-refractivity contribution < 1.29 is 19.1 Å². The van der Waals surface area contributed by atoms with Crippen molar-refractivity contribution in [3.63, 3.8) is 0 Å². The molecule has 1 heterocycles. The summed E-state index contributed by atoms with van der Waals surface area (Å²) in [5.41, 5.74) is 1.19. The molecule has 0 amide bonds. The molecule has 0 aliphatic carbocycles. The molecule has 21 heavy (non-hydrogen) atoms. The Hall–Kier alpha value is -3.00. The van der Waals surface area contributed by atoms with E-state index in [2.05, 4.69) is 0 Å². The average molecular weight is 281 g/mol. The second-order valence-corrected chi connectivity index (χ2v) is 4.48. The molecule has 0 N–H and O–H groups in total. The minimum absolute atomic E-state index is 0.185. The summed E-state index contributed by atoms with van der Waals surface area (Å²) in [6, 6.07) is 8.52. The summed E-state index contributed by atoms with van der Waals surface area (Å²) in [6.07, 6.45) is 3.79. The van der Waals surface area contributed by atoms with Gasteiger partial charge in [0.05, 0.1) is 11.6 Å². The Morgan fingerprint density at radius 2 is 1.95 bits per heavy atom. The maximum atomic E-state index is 11.9. The van der Waals surface area contributed by atoms with Gasteiger partial charge < -0.3 is 4.74 Å². The van der Waals surface area contributed by atoms with Crippen LogP contribution in [0, 0.1) is 17.2 Å². The number of rotatable bonds is 3. The van der Waals surface area contributed by atoms with E-state index in [-0.39, 0.29) is 5.76 Å². The molecule has 0 fully saturated rings. The molecule has 1 aromatic rings. The Morgan fingerprint density at radius 3 is 2.52 bits per heavy atom. The van der Waals surface area contributed by atoms with E-state index in [4.69, 9.17) is 10.00 Å². The standard InChI is InChI=1S/C16H11NO4/c1-10-8-14(19)15(16(20)21-10)13(18)7-6-11-2-4-12(9-17)5-3-11/h2-8,15H,1H3/b7-6+. The maximum Gasteiger partial charge on any atom is 0.329 e. The molecule has 1 unspecified atom stereocenters. The first kappa shape index (κ1) is 14.4. The average Bonchev–Trinajstić information content (AvgIpc) is 2.44. The highest BCUT2D eigenvalue weighted by Crippen LogP contribution is 2.16. The number of hydrogen-bond acceptors (Lipinski definition) is 5. The Balaban J connectivity index is 2.14. The van der Waals surface area contributed by atoms with Gasteiger partial charge in [0.25, 0.3) is 0 Å². The number of carbonyl (C=O) groups excluding carboxylic acids is 3. The molecule has 0 aromatic heterocycles. The van der Waals surface area contributed by atoms with Crippen molar-refractivity contribution in [3.05, 3.63) is 53.3 Å². The minimum Gasteiger partial charge on any atom is -0.430 e. The zero-order valence-electron chi connectivity index (χ0n) is 11.2. The third-order valence-electron chi connectivity index (χ3n) is 2.89. The molecule has 1 atom stereocenters. The highest BCUT2D eigenvalue weighted by Gasteiger charge is 2.36. The first-order valence-corrected chi connectivity index (χ1v) is 6.17. The predicted octanol–water partition coefficient (Wildman–Crippen LogP) is 1.79. The Labute approximate surface area is 121 Å². The Bertz CT molecular complexity index is 705. The third-order valence-corrected chi connectivity index (χ3v) is 2.89. The van der Waals surface area contributed by atoms with Crippen LogP contribution in [0.15, 0.2) is 42.2 Å². The van der Waals surface area contributed by atoms with Crippen molar-refractivity contribution in [3.8, 4) is 6.07 Å². The van der Waals surface area contributed by atoms with Crippen molar-refractivity contribution in [2.45, 2.75) is 6.92 Å². The number of nitriles is 1. The number of benzene rings is 1. The second-order valence-electron chi connectivity index (χ2n) is 4.48. The third kappa shape index (κ3) is 3.31. The van der Waals surface area contributed by atoms with Gasteiger partial charge in [-0.05, 0) is 30.7 Å². The van der Waals surface area contributed by atoms with E-state index in [1.165, 1.54) is 19.1 Å². The summed E-state index contributed by atoms with van der Waals surface area (Å²) in [5.74, 6) is -3.29. The molecule has 0 saturated heterocycles. The van der Waals surface area contributed by atoms with Crippen LogP contribution in [0.25, 0.3) is 6.08 Å². The molecule has 1 aliphatic heterocycles. The number of nitrogens with zero attached hydrogens (tertiary/aromatic N) is 1. The summed E-state index contributed by atoms with van der Waals surface area (Å²) in [7, 11) is 0. The Kier molecular flexibility index (Phi) is 4.10. The van der Waals surface area contributed by atoms with Gasteiger partial charge in [0.1, 0.15) is 5.76 Å². The lowest BCUT2D eigenvalue weighted by molar-refractivity contribution is -0.151. The monoisotopic (exact) mass is 281 g/mol. The van der Waals surface area contributed by atoms with Crippen LogP contribution in [-0.4, -0.2) is 17.5 Å². The fourth-order valence-corrected chi connectivity index (χ4v) is 1.85. The van der Waals surface area contributed by atoms with Crippen LogP contribution in [0.5, 0.6) is 0 Å². The lowest BCUT2D eigenvalue weighted by atomic mass is 9.96. The van der Waals surface area contributed by atoms with Gasteiger partial charge in [-0.25, -0.2) is 0 Å². The fraction of sp³-hybridized carbons (Fsp3) is 0.125. The number of allylic oxidation sites excluding steroid dienone is 3. The van der Waals surface area contributed by atoms with Crippen LogP contribution < -0.4 is 0 Å². The van der Waals surface area contributed by atoms with Crippen LogP contribution in [0.2, 0.25) is 0 Å². The van der Waals surface area contributed by atoms with Gasteiger partial charge in [-0.2, -0.15) is 5.26 Å². The van der Waals surface area contributed by atoms with E-state index in [1.54, 1.807) is 24.3 Å². The summed E-state index contributed by atoms with van der Waals surface area (Å²) in [4.78, 5) is 35.2. The van der Waals surface area contributed by atoms with Gasteiger partial charge in [-0.1, -0.05) is 18.2 Å². The van der Waals surface area contributed by atoms with E-state index in [0.717, 1.165) is 6.08 Å². The molecule has 0 bridgehead atoms. The molecular formula is C16H11NO4. The number of carbonyl (C=O) groups is 3. The first-order valence-electron chi connectivity index (χ1n) is 6.17. The van der Waals surface area contributed by atoms with Gasteiger partial charge in [0, 0.05) is 6.08 Å². The number of ketones is 2. The van der Waals surface area contributed by atoms with Gasteiger partial charge in [0.2, 0.25) is 0 Å². The van der Waals surface area contributed by atoms with E-state index in [1.807, 2.05) is 6.07 Å². The van der Waals surface area contributed by atoms with Crippen LogP contribution in [0.3, 0.4) is 0 Å². The molecule has 0 radical (unpaired) electrons. The largest absolute Gasteiger partial charge is 0.430 e. The molecule has 0 saturated carbocycles. The van der Waals surface area contributed by atoms with Crippen LogP contribution in [-0.2, 0) is 19.1 Å². The topological polar surface area (TPSA) is 84.2 Å². The molecule has 5 nitrogen and oxygen atoms in total. The molecule has 2 rings (SSSR count). The van der Waals surface area contributed by atoms with Crippen molar-refractivity contribution in [2.24, 2.45) is 5.92 Å². The summed E-state index contributed by atoms with van der Waals surface area (Å²) < 4.78 is 4.78. The number of hydrogen-bond donors (Lipinski definition) is 0. The SMILES string of the molecule is CC1=CC(=O)C(C(=O)/C=C/c2ccc(C#N)cc2)C(=O)O1. The van der Waals surface area contributed by atoms with Gasteiger partial charge in [0.15, 0.2) is 17.5 Å². The number of cyclic esters (lactones) is 1. The van der Waals surface area contributed by atoms with Crippen LogP contribution in [0.4, 0.5) is 0 Å². The van der Waals surface area contributed by atoms with Gasteiger partial charge in [-0.15, -0.1) is 0 Å². The van der Waals surface area contributed by atoms with Crippen molar-refractivity contribution in [2.75, 3.05) is 0 Å². The van der Waals surface area contributed by atoms with E-state index in [9.17, 15) is 14.4 Å². The molecule has 1 aromatic carbocycles. The predicted molar refractivity (Wildman–Crippen MR) is 73.5 cm³/mol. The summed E-state index contributed by atoms with van der Waals surface area (Å²) >= 11 is 0. The first-order chi connectivity index (χ1) is 10.0. The summed E-state index contributed by atoms with van der Waals surface area (Å²) in [6.45, 7) is 1.48.